The molecule has 7 heteroatoms. The Bertz CT molecular complexity index is 844. The molecule has 1 atom stereocenters. The Hall–Kier alpha value is -2.35. The molecule has 2 aromatic heterocycles. The Kier molecular flexibility index (Phi) is 5.19. The molecule has 134 valence electrons. The van der Waals surface area contributed by atoms with Gasteiger partial charge in [-0.3, -0.25) is 14.7 Å². The molecule has 0 aliphatic carbocycles. The number of carbonyl (C=O) groups is 1. The summed E-state index contributed by atoms with van der Waals surface area (Å²) >= 11 is 1.61. The van der Waals surface area contributed by atoms with Crippen LogP contribution >= 0.6 is 11.3 Å². The van der Waals surface area contributed by atoms with Crippen LogP contribution in [0.5, 0.6) is 0 Å². The van der Waals surface area contributed by atoms with Crippen molar-refractivity contribution in [1.82, 2.24) is 20.2 Å². The molecule has 4 rings (SSSR count). The highest BCUT2D eigenvalue weighted by molar-refractivity contribution is 7.18. The van der Waals surface area contributed by atoms with Crippen LogP contribution in [0, 0.1) is 0 Å². The Balaban J connectivity index is 1.50. The largest absolute Gasteiger partial charge is 0.379 e. The van der Waals surface area contributed by atoms with Crippen LogP contribution in [-0.4, -0.2) is 47.1 Å². The number of fused-ring (bicyclic) bond motifs is 1. The number of rotatable bonds is 5. The molecule has 3 heterocycles. The minimum absolute atomic E-state index is 0.0286. The first-order valence-corrected chi connectivity index (χ1v) is 9.47. The van der Waals surface area contributed by atoms with E-state index in [0.717, 1.165) is 33.9 Å². The van der Waals surface area contributed by atoms with E-state index in [4.69, 9.17) is 4.74 Å². The fraction of sp³-hybridized carbons (Fsp3) is 0.316. The van der Waals surface area contributed by atoms with Gasteiger partial charge in [-0.1, -0.05) is 18.2 Å². The van der Waals surface area contributed by atoms with Gasteiger partial charge in [0.15, 0.2) is 0 Å². The van der Waals surface area contributed by atoms with Crippen molar-refractivity contribution in [3.8, 4) is 0 Å². The molecular formula is C19H20N4O2S. The van der Waals surface area contributed by atoms with Gasteiger partial charge in [0.05, 0.1) is 30.0 Å². The van der Waals surface area contributed by atoms with Crippen molar-refractivity contribution in [2.24, 2.45) is 0 Å². The molecule has 26 heavy (non-hydrogen) atoms. The van der Waals surface area contributed by atoms with Crippen LogP contribution in [0.4, 0.5) is 0 Å². The molecule has 1 fully saturated rings. The number of para-hydroxylation sites is 1. The van der Waals surface area contributed by atoms with Gasteiger partial charge >= 0.3 is 0 Å². The molecule has 1 aliphatic rings. The van der Waals surface area contributed by atoms with E-state index in [1.807, 2.05) is 36.4 Å². The molecule has 3 aromatic rings. The van der Waals surface area contributed by atoms with Crippen LogP contribution in [-0.2, 0) is 16.1 Å². The third-order valence-electron chi connectivity index (χ3n) is 4.41. The number of nitrogens with zero attached hydrogens (tertiary/aromatic N) is 3. The van der Waals surface area contributed by atoms with Crippen molar-refractivity contribution in [2.45, 2.75) is 12.6 Å². The lowest BCUT2D eigenvalue weighted by Gasteiger charge is -2.33. The van der Waals surface area contributed by atoms with Crippen LogP contribution in [0.1, 0.15) is 16.6 Å². The summed E-state index contributed by atoms with van der Waals surface area (Å²) in [5.41, 5.74) is 1.87. The van der Waals surface area contributed by atoms with Gasteiger partial charge in [-0.05, 0) is 23.8 Å². The summed E-state index contributed by atoms with van der Waals surface area (Å²) in [4.78, 5) is 23.9. The van der Waals surface area contributed by atoms with Gasteiger partial charge in [0, 0.05) is 25.5 Å². The second-order valence-electron chi connectivity index (χ2n) is 6.13. The Morgan fingerprint density at radius 1 is 1.23 bits per heavy atom. The summed E-state index contributed by atoms with van der Waals surface area (Å²) in [5.74, 6) is -0.0286. The van der Waals surface area contributed by atoms with E-state index in [1.165, 1.54) is 0 Å². The fourth-order valence-corrected chi connectivity index (χ4v) is 4.06. The highest BCUT2D eigenvalue weighted by Gasteiger charge is 2.29. The molecule has 0 spiro atoms. The van der Waals surface area contributed by atoms with Crippen molar-refractivity contribution >= 4 is 27.5 Å². The van der Waals surface area contributed by atoms with Crippen LogP contribution in [0.15, 0.2) is 48.8 Å². The maximum atomic E-state index is 13.0. The average Bonchev–Trinajstić information content (AvgIpc) is 3.11. The van der Waals surface area contributed by atoms with Crippen molar-refractivity contribution in [3.05, 3.63) is 59.4 Å². The number of morpholine rings is 1. The van der Waals surface area contributed by atoms with Gasteiger partial charge in [-0.25, -0.2) is 4.98 Å². The first-order chi connectivity index (χ1) is 12.8. The van der Waals surface area contributed by atoms with Gasteiger partial charge in [0.1, 0.15) is 11.0 Å². The minimum Gasteiger partial charge on any atom is -0.379 e. The first-order valence-electron chi connectivity index (χ1n) is 8.65. The van der Waals surface area contributed by atoms with Crippen LogP contribution < -0.4 is 5.32 Å². The monoisotopic (exact) mass is 368 g/mol. The van der Waals surface area contributed by atoms with E-state index in [2.05, 4.69) is 20.2 Å². The van der Waals surface area contributed by atoms with Gasteiger partial charge in [-0.2, -0.15) is 0 Å². The van der Waals surface area contributed by atoms with E-state index < -0.39 is 0 Å². The number of hydrogen-bond donors (Lipinski definition) is 1. The number of benzene rings is 1. The second-order valence-corrected chi connectivity index (χ2v) is 7.25. The summed E-state index contributed by atoms with van der Waals surface area (Å²) in [6.07, 6.45) is 3.48. The Labute approximate surface area is 155 Å². The summed E-state index contributed by atoms with van der Waals surface area (Å²) in [6, 6.07) is 11.5. The molecule has 1 amide bonds. The highest BCUT2D eigenvalue weighted by Crippen LogP contribution is 2.23. The maximum absolute atomic E-state index is 13.0. The number of carbonyl (C=O) groups excluding carboxylic acids is 1. The predicted octanol–water partition coefficient (Wildman–Crippen LogP) is 2.38. The molecule has 0 bridgehead atoms. The zero-order chi connectivity index (χ0) is 17.8. The topological polar surface area (TPSA) is 67.4 Å². The Morgan fingerprint density at radius 3 is 2.85 bits per heavy atom. The standard InChI is InChI=1S/C19H20N4O2S/c24-19(21-13-17-22-15-5-1-2-6-16(15)26-17)18(14-4-3-7-20-12-14)23-8-10-25-11-9-23/h1-7,12,18H,8-11,13H2,(H,21,24)/t18-/m1/s1. The van der Waals surface area contributed by atoms with Gasteiger partial charge in [-0.15, -0.1) is 11.3 Å². The van der Waals surface area contributed by atoms with E-state index in [-0.39, 0.29) is 11.9 Å². The molecule has 1 aromatic carbocycles. The Morgan fingerprint density at radius 2 is 2.08 bits per heavy atom. The number of pyridine rings is 1. The van der Waals surface area contributed by atoms with E-state index >= 15 is 0 Å². The summed E-state index contributed by atoms with van der Waals surface area (Å²) in [6.45, 7) is 3.17. The second kappa shape index (κ2) is 7.90. The molecule has 1 aliphatic heterocycles. The molecule has 0 saturated carbocycles. The molecular weight excluding hydrogens is 348 g/mol. The minimum atomic E-state index is -0.359. The zero-order valence-electron chi connectivity index (χ0n) is 14.3. The fourth-order valence-electron chi connectivity index (χ4n) is 3.16. The quantitative estimate of drug-likeness (QED) is 0.749. The van der Waals surface area contributed by atoms with Crippen molar-refractivity contribution in [3.63, 3.8) is 0 Å². The number of aromatic nitrogens is 2. The van der Waals surface area contributed by atoms with E-state index in [1.54, 1.807) is 23.7 Å². The molecule has 0 unspecified atom stereocenters. The third-order valence-corrected chi connectivity index (χ3v) is 5.45. The smallest absolute Gasteiger partial charge is 0.242 e. The number of hydrogen-bond acceptors (Lipinski definition) is 6. The lowest BCUT2D eigenvalue weighted by atomic mass is 10.1. The summed E-state index contributed by atoms with van der Waals surface area (Å²) in [7, 11) is 0. The number of ether oxygens (including phenoxy) is 1. The van der Waals surface area contributed by atoms with Crippen LogP contribution in [0.3, 0.4) is 0 Å². The van der Waals surface area contributed by atoms with Crippen molar-refractivity contribution in [2.75, 3.05) is 26.3 Å². The lowest BCUT2D eigenvalue weighted by Crippen LogP contribution is -2.45. The molecule has 0 radical (unpaired) electrons. The van der Waals surface area contributed by atoms with Gasteiger partial charge in [0.2, 0.25) is 5.91 Å². The van der Waals surface area contributed by atoms with E-state index in [0.29, 0.717) is 19.8 Å². The lowest BCUT2D eigenvalue weighted by molar-refractivity contribution is -0.128. The number of thiazole rings is 1. The SMILES string of the molecule is O=C(NCc1nc2ccccc2s1)[C@@H](c1cccnc1)N1CCOCC1. The van der Waals surface area contributed by atoms with Gasteiger partial charge in [0.25, 0.3) is 0 Å². The van der Waals surface area contributed by atoms with Crippen LogP contribution in [0.25, 0.3) is 10.2 Å². The summed E-state index contributed by atoms with van der Waals surface area (Å²) in [5, 5.41) is 3.96. The average molecular weight is 368 g/mol. The third kappa shape index (κ3) is 3.75. The van der Waals surface area contributed by atoms with Crippen LogP contribution in [0.2, 0.25) is 0 Å². The predicted molar refractivity (Wildman–Crippen MR) is 101 cm³/mol. The number of amides is 1. The summed E-state index contributed by atoms with van der Waals surface area (Å²) < 4.78 is 6.56. The maximum Gasteiger partial charge on any atom is 0.242 e. The van der Waals surface area contributed by atoms with Crippen molar-refractivity contribution < 1.29 is 9.53 Å². The van der Waals surface area contributed by atoms with E-state index in [9.17, 15) is 4.79 Å². The first kappa shape index (κ1) is 17.1. The molecule has 1 saturated heterocycles. The number of nitrogens with one attached hydrogen (secondary N) is 1. The van der Waals surface area contributed by atoms with Crippen molar-refractivity contribution in [1.29, 1.82) is 0 Å². The van der Waals surface area contributed by atoms with Gasteiger partial charge < -0.3 is 10.1 Å². The zero-order valence-corrected chi connectivity index (χ0v) is 15.1. The molecule has 1 N–H and O–H groups in total. The molecule has 6 nitrogen and oxygen atoms in total. The normalized spacial score (nSPS) is 16.5. The highest BCUT2D eigenvalue weighted by atomic mass is 32.1.